The van der Waals surface area contributed by atoms with Crippen LogP contribution >= 0.6 is 0 Å². The summed E-state index contributed by atoms with van der Waals surface area (Å²) < 4.78 is 0. The summed E-state index contributed by atoms with van der Waals surface area (Å²) in [5, 5.41) is 0. The summed E-state index contributed by atoms with van der Waals surface area (Å²) in [5.74, 6) is 1.10. The molecule has 3 fully saturated rings. The summed E-state index contributed by atoms with van der Waals surface area (Å²) in [4.78, 5) is 0. The van der Waals surface area contributed by atoms with E-state index in [1.54, 1.807) is 6.42 Å². The number of hydrogen-bond donors (Lipinski definition) is 0. The van der Waals surface area contributed by atoms with Crippen LogP contribution in [0.5, 0.6) is 0 Å². The zero-order valence-electron chi connectivity index (χ0n) is 6.40. The van der Waals surface area contributed by atoms with Gasteiger partial charge in [0.25, 0.3) is 0 Å². The van der Waals surface area contributed by atoms with Crippen molar-refractivity contribution in [3.63, 3.8) is 0 Å². The maximum atomic E-state index is 3.97. The zero-order chi connectivity index (χ0) is 6.82. The summed E-state index contributed by atoms with van der Waals surface area (Å²) in [6.45, 7) is 3.97. The lowest BCUT2D eigenvalue weighted by Gasteiger charge is -2.28. The van der Waals surface area contributed by atoms with Gasteiger partial charge >= 0.3 is 0 Å². The molecule has 0 aliphatic heterocycles. The molecule has 3 unspecified atom stereocenters. The molecular formula is C10H14. The van der Waals surface area contributed by atoms with Crippen LogP contribution in [-0.2, 0) is 0 Å². The van der Waals surface area contributed by atoms with Crippen molar-refractivity contribution in [3.8, 4) is 0 Å². The van der Waals surface area contributed by atoms with Gasteiger partial charge in [-0.25, -0.2) is 0 Å². The molecule has 0 aromatic carbocycles. The average molecular weight is 134 g/mol. The molecule has 0 heterocycles. The standard InChI is InChI=1S/C10H14/c1-2-9-5-3-4-6-10(9)7-8(9)10/h2,8H,1,3-7H2. The molecule has 0 aromatic heterocycles. The SMILES string of the molecule is C=CC12CCCCC13CC23. The molecule has 3 saturated carbocycles. The first-order valence-electron chi connectivity index (χ1n) is 4.49. The van der Waals surface area contributed by atoms with Crippen molar-refractivity contribution in [1.29, 1.82) is 0 Å². The molecule has 10 heavy (non-hydrogen) atoms. The molecule has 0 nitrogen and oxygen atoms in total. The first kappa shape index (κ1) is 5.40. The molecule has 0 amide bonds. The Labute approximate surface area is 62.3 Å². The Kier molecular flexibility index (Phi) is 0.657. The first-order chi connectivity index (χ1) is 4.86. The van der Waals surface area contributed by atoms with Gasteiger partial charge < -0.3 is 0 Å². The molecular weight excluding hydrogens is 120 g/mol. The average Bonchev–Trinajstić information content (AvgIpc) is 2.75. The fourth-order valence-electron chi connectivity index (χ4n) is 3.58. The van der Waals surface area contributed by atoms with E-state index in [0.717, 1.165) is 11.3 Å². The normalized spacial score (nSPS) is 62.2. The lowest BCUT2D eigenvalue weighted by atomic mass is 9.77. The smallest absolute Gasteiger partial charge is 0.00274 e. The molecule has 3 rings (SSSR count). The Bertz CT molecular complexity index is 206. The highest BCUT2D eigenvalue weighted by Gasteiger charge is 2.86. The number of fused-ring (bicyclic) bond motifs is 1. The highest BCUT2D eigenvalue weighted by molar-refractivity contribution is 5.40. The number of hydrogen-bond acceptors (Lipinski definition) is 0. The third-order valence-electron chi connectivity index (χ3n) is 4.37. The minimum atomic E-state index is 0.686. The van der Waals surface area contributed by atoms with Crippen molar-refractivity contribution in [2.24, 2.45) is 16.7 Å². The molecule has 0 aromatic rings. The van der Waals surface area contributed by atoms with Gasteiger partial charge in [0.15, 0.2) is 0 Å². The van der Waals surface area contributed by atoms with Crippen LogP contribution in [-0.4, -0.2) is 0 Å². The summed E-state index contributed by atoms with van der Waals surface area (Å²) in [7, 11) is 0. The third-order valence-corrected chi connectivity index (χ3v) is 4.37. The molecule has 0 bridgehead atoms. The highest BCUT2D eigenvalue weighted by Crippen LogP contribution is 2.92. The van der Waals surface area contributed by atoms with E-state index in [2.05, 4.69) is 12.7 Å². The van der Waals surface area contributed by atoms with E-state index in [-0.39, 0.29) is 0 Å². The van der Waals surface area contributed by atoms with Crippen LogP contribution in [0, 0.1) is 16.7 Å². The van der Waals surface area contributed by atoms with Crippen molar-refractivity contribution >= 4 is 0 Å². The molecule has 3 aliphatic rings. The molecule has 0 N–H and O–H groups in total. The Morgan fingerprint density at radius 1 is 1.30 bits per heavy atom. The van der Waals surface area contributed by atoms with E-state index >= 15 is 0 Å². The van der Waals surface area contributed by atoms with Crippen LogP contribution < -0.4 is 0 Å². The topological polar surface area (TPSA) is 0 Å². The second kappa shape index (κ2) is 1.22. The van der Waals surface area contributed by atoms with Crippen LogP contribution in [0.2, 0.25) is 0 Å². The van der Waals surface area contributed by atoms with Gasteiger partial charge in [0.05, 0.1) is 0 Å². The van der Waals surface area contributed by atoms with E-state index in [1.165, 1.54) is 25.7 Å². The molecule has 0 saturated heterocycles. The quantitative estimate of drug-likeness (QED) is 0.484. The van der Waals surface area contributed by atoms with Crippen molar-refractivity contribution in [3.05, 3.63) is 12.7 Å². The van der Waals surface area contributed by atoms with Crippen LogP contribution in [0.1, 0.15) is 32.1 Å². The van der Waals surface area contributed by atoms with E-state index in [4.69, 9.17) is 0 Å². The number of allylic oxidation sites excluding steroid dienone is 1. The Balaban J connectivity index is 1.96. The van der Waals surface area contributed by atoms with Gasteiger partial charge in [-0.15, -0.1) is 6.58 Å². The largest absolute Gasteiger partial charge is 0.102 e. The van der Waals surface area contributed by atoms with E-state index in [1.807, 2.05) is 0 Å². The minimum absolute atomic E-state index is 0.686. The number of rotatable bonds is 1. The summed E-state index contributed by atoms with van der Waals surface area (Å²) >= 11 is 0. The van der Waals surface area contributed by atoms with E-state index < -0.39 is 0 Å². The monoisotopic (exact) mass is 134 g/mol. The van der Waals surface area contributed by atoms with Gasteiger partial charge in [0, 0.05) is 0 Å². The van der Waals surface area contributed by atoms with Gasteiger partial charge in [-0.3, -0.25) is 0 Å². The van der Waals surface area contributed by atoms with Crippen LogP contribution in [0.4, 0.5) is 0 Å². The lowest BCUT2D eigenvalue weighted by Crippen LogP contribution is -2.17. The minimum Gasteiger partial charge on any atom is -0.102 e. The predicted molar refractivity (Wildman–Crippen MR) is 41.6 cm³/mol. The van der Waals surface area contributed by atoms with Gasteiger partial charge in [-0.05, 0) is 36.0 Å². The van der Waals surface area contributed by atoms with Crippen LogP contribution in [0.15, 0.2) is 12.7 Å². The van der Waals surface area contributed by atoms with E-state index in [0.29, 0.717) is 5.41 Å². The maximum absolute atomic E-state index is 3.97. The highest BCUT2D eigenvalue weighted by atomic mass is 14.9. The maximum Gasteiger partial charge on any atom is -0.00274 e. The van der Waals surface area contributed by atoms with Gasteiger partial charge in [-0.1, -0.05) is 18.9 Å². The van der Waals surface area contributed by atoms with Gasteiger partial charge in [0.2, 0.25) is 0 Å². The lowest BCUT2D eigenvalue weighted by molar-refractivity contribution is 0.273. The predicted octanol–water partition coefficient (Wildman–Crippen LogP) is 2.75. The Morgan fingerprint density at radius 2 is 2.10 bits per heavy atom. The molecule has 3 aliphatic carbocycles. The van der Waals surface area contributed by atoms with Crippen LogP contribution in [0.25, 0.3) is 0 Å². The molecule has 3 atom stereocenters. The summed E-state index contributed by atoms with van der Waals surface area (Å²) in [5.41, 5.74) is 1.53. The third kappa shape index (κ3) is 0.309. The molecule has 0 heteroatoms. The fourth-order valence-corrected chi connectivity index (χ4v) is 3.58. The van der Waals surface area contributed by atoms with Crippen molar-refractivity contribution in [2.45, 2.75) is 32.1 Å². The van der Waals surface area contributed by atoms with Crippen molar-refractivity contribution in [2.75, 3.05) is 0 Å². The Hall–Kier alpha value is -0.260. The van der Waals surface area contributed by atoms with Crippen molar-refractivity contribution in [1.82, 2.24) is 0 Å². The van der Waals surface area contributed by atoms with Crippen molar-refractivity contribution < 1.29 is 0 Å². The van der Waals surface area contributed by atoms with Crippen LogP contribution in [0.3, 0.4) is 0 Å². The second-order valence-electron chi connectivity index (χ2n) is 4.36. The fraction of sp³-hybridized carbons (Fsp3) is 0.800. The van der Waals surface area contributed by atoms with Gasteiger partial charge in [0.1, 0.15) is 0 Å². The zero-order valence-corrected chi connectivity index (χ0v) is 6.40. The molecule has 54 valence electrons. The Morgan fingerprint density at radius 3 is 2.60 bits per heavy atom. The van der Waals surface area contributed by atoms with E-state index in [9.17, 15) is 0 Å². The van der Waals surface area contributed by atoms with Gasteiger partial charge in [-0.2, -0.15) is 0 Å². The summed E-state index contributed by atoms with van der Waals surface area (Å²) in [6.07, 6.45) is 9.74. The summed E-state index contributed by atoms with van der Waals surface area (Å²) in [6, 6.07) is 0. The molecule has 1 spiro atoms. The molecule has 0 radical (unpaired) electrons. The second-order valence-corrected chi connectivity index (χ2v) is 4.36. The first-order valence-corrected chi connectivity index (χ1v) is 4.49.